The molecule has 0 atom stereocenters. The second-order valence-electron chi connectivity index (χ2n) is 6.77. The lowest BCUT2D eigenvalue weighted by atomic mass is 10.2. The SMILES string of the molecule is NC(=O)c1cccc(Nc2ncc(F)c(N(CCCO)c3cccc4[nH]ncc34)n2)c1. The van der Waals surface area contributed by atoms with E-state index in [0.717, 1.165) is 17.1 Å². The molecule has 2 heterocycles. The third-order valence-corrected chi connectivity index (χ3v) is 4.68. The summed E-state index contributed by atoms with van der Waals surface area (Å²) in [7, 11) is 0. The maximum atomic E-state index is 14.8. The van der Waals surface area contributed by atoms with E-state index in [2.05, 4.69) is 25.5 Å². The van der Waals surface area contributed by atoms with Gasteiger partial charge in [0.15, 0.2) is 11.6 Å². The highest BCUT2D eigenvalue weighted by atomic mass is 19.1. The number of anilines is 4. The quantitative estimate of drug-likeness (QED) is 0.344. The largest absolute Gasteiger partial charge is 0.396 e. The van der Waals surface area contributed by atoms with Crippen LogP contribution in [0.15, 0.2) is 54.9 Å². The Kier molecular flexibility index (Phi) is 5.72. The molecule has 0 aliphatic rings. The molecule has 0 radical (unpaired) electrons. The molecule has 0 saturated carbocycles. The van der Waals surface area contributed by atoms with Gasteiger partial charge < -0.3 is 21.1 Å². The van der Waals surface area contributed by atoms with Crippen molar-refractivity contribution in [2.75, 3.05) is 23.4 Å². The van der Waals surface area contributed by atoms with E-state index in [9.17, 15) is 14.3 Å². The van der Waals surface area contributed by atoms with Crippen LogP contribution in [-0.4, -0.2) is 44.3 Å². The number of carbonyl (C=O) groups is 1. The fourth-order valence-electron chi connectivity index (χ4n) is 3.24. The topological polar surface area (TPSA) is 133 Å². The minimum Gasteiger partial charge on any atom is -0.396 e. The number of carbonyl (C=O) groups excluding carboxylic acids is 1. The molecule has 158 valence electrons. The zero-order valence-corrected chi connectivity index (χ0v) is 16.4. The van der Waals surface area contributed by atoms with Gasteiger partial charge in [0.05, 0.1) is 23.6 Å². The first-order chi connectivity index (χ1) is 15.1. The van der Waals surface area contributed by atoms with Gasteiger partial charge in [-0.05, 0) is 36.8 Å². The molecular weight excluding hydrogens is 401 g/mol. The van der Waals surface area contributed by atoms with Gasteiger partial charge in [0.25, 0.3) is 0 Å². The molecular formula is C21H20FN7O2. The van der Waals surface area contributed by atoms with Crippen molar-refractivity contribution in [3.63, 3.8) is 0 Å². The summed E-state index contributed by atoms with van der Waals surface area (Å²) in [5, 5.41) is 20.1. The zero-order chi connectivity index (χ0) is 21.8. The van der Waals surface area contributed by atoms with Gasteiger partial charge in [-0.3, -0.25) is 9.89 Å². The van der Waals surface area contributed by atoms with Crippen molar-refractivity contribution < 1.29 is 14.3 Å². The number of aliphatic hydroxyl groups is 1. The van der Waals surface area contributed by atoms with Gasteiger partial charge in [0, 0.05) is 29.8 Å². The van der Waals surface area contributed by atoms with E-state index in [4.69, 9.17) is 5.73 Å². The van der Waals surface area contributed by atoms with Crippen LogP contribution in [0.3, 0.4) is 0 Å². The Hall–Kier alpha value is -4.05. The summed E-state index contributed by atoms with van der Waals surface area (Å²) in [6.45, 7) is 0.265. The Labute approximate surface area is 176 Å². The third kappa shape index (κ3) is 4.28. The Bertz CT molecular complexity index is 1230. The first kappa shape index (κ1) is 20.2. The van der Waals surface area contributed by atoms with Gasteiger partial charge in [0.2, 0.25) is 11.9 Å². The standard InChI is InChI=1S/C21H20FN7O2/c22-16-12-24-21(26-14-5-1-4-13(10-14)19(23)31)27-20(16)29(8-3-9-30)18-7-2-6-17-15(18)11-25-28-17/h1-2,4-7,10-12,30H,3,8-9H2,(H2,23,31)(H,25,28)(H,24,26,27). The number of nitrogens with one attached hydrogen (secondary N) is 2. The molecule has 0 aliphatic heterocycles. The second kappa shape index (κ2) is 8.76. The van der Waals surface area contributed by atoms with Crippen molar-refractivity contribution in [1.82, 2.24) is 20.2 Å². The van der Waals surface area contributed by atoms with E-state index in [1.807, 2.05) is 18.2 Å². The summed E-state index contributed by atoms with van der Waals surface area (Å²) >= 11 is 0. The highest BCUT2D eigenvalue weighted by molar-refractivity contribution is 5.94. The molecule has 0 fully saturated rings. The Morgan fingerprint density at radius 1 is 1.23 bits per heavy atom. The number of primary amides is 1. The maximum absolute atomic E-state index is 14.8. The predicted octanol–water partition coefficient (Wildman–Crippen LogP) is 2.86. The van der Waals surface area contributed by atoms with E-state index in [1.165, 1.54) is 0 Å². The van der Waals surface area contributed by atoms with Crippen molar-refractivity contribution in [2.45, 2.75) is 6.42 Å². The average molecular weight is 421 g/mol. The van der Waals surface area contributed by atoms with Gasteiger partial charge in [0.1, 0.15) is 0 Å². The molecule has 31 heavy (non-hydrogen) atoms. The lowest BCUT2D eigenvalue weighted by molar-refractivity contribution is 0.100. The molecule has 9 nitrogen and oxygen atoms in total. The number of aliphatic hydroxyl groups excluding tert-OH is 1. The monoisotopic (exact) mass is 421 g/mol. The lowest BCUT2D eigenvalue weighted by Crippen LogP contribution is -2.22. The van der Waals surface area contributed by atoms with Gasteiger partial charge >= 0.3 is 0 Å². The summed E-state index contributed by atoms with van der Waals surface area (Å²) in [6, 6.07) is 12.1. The highest BCUT2D eigenvalue weighted by Crippen LogP contribution is 2.32. The number of aromatic nitrogens is 4. The van der Waals surface area contributed by atoms with Gasteiger partial charge in [-0.2, -0.15) is 10.1 Å². The van der Waals surface area contributed by atoms with E-state index < -0.39 is 11.7 Å². The summed E-state index contributed by atoms with van der Waals surface area (Å²) in [6.07, 6.45) is 3.13. The number of nitrogens with zero attached hydrogens (tertiary/aromatic N) is 4. The van der Waals surface area contributed by atoms with Crippen molar-refractivity contribution in [3.05, 3.63) is 66.2 Å². The predicted molar refractivity (Wildman–Crippen MR) is 115 cm³/mol. The third-order valence-electron chi connectivity index (χ3n) is 4.68. The van der Waals surface area contributed by atoms with Crippen LogP contribution in [0.4, 0.5) is 27.5 Å². The van der Waals surface area contributed by atoms with E-state index >= 15 is 0 Å². The van der Waals surface area contributed by atoms with E-state index in [1.54, 1.807) is 35.4 Å². The molecule has 2 aromatic carbocycles. The number of halogens is 1. The minimum absolute atomic E-state index is 0.0469. The van der Waals surface area contributed by atoms with Crippen LogP contribution in [0.2, 0.25) is 0 Å². The smallest absolute Gasteiger partial charge is 0.248 e. The summed E-state index contributed by atoms with van der Waals surface area (Å²) in [5.41, 5.74) is 7.67. The molecule has 0 bridgehead atoms. The lowest BCUT2D eigenvalue weighted by Gasteiger charge is -2.25. The molecule has 0 aliphatic carbocycles. The van der Waals surface area contributed by atoms with Crippen LogP contribution < -0.4 is 16.0 Å². The van der Waals surface area contributed by atoms with Crippen LogP contribution in [0, 0.1) is 5.82 Å². The summed E-state index contributed by atoms with van der Waals surface area (Å²) < 4.78 is 14.8. The first-order valence-electron chi connectivity index (χ1n) is 9.57. The maximum Gasteiger partial charge on any atom is 0.248 e. The van der Waals surface area contributed by atoms with Gasteiger partial charge in [-0.25, -0.2) is 9.37 Å². The van der Waals surface area contributed by atoms with Crippen molar-refractivity contribution in [3.8, 4) is 0 Å². The Morgan fingerprint density at radius 2 is 2.06 bits per heavy atom. The minimum atomic E-state index is -0.616. The number of hydrogen-bond acceptors (Lipinski definition) is 7. The van der Waals surface area contributed by atoms with Gasteiger partial charge in [-0.1, -0.05) is 12.1 Å². The number of hydrogen-bond donors (Lipinski definition) is 4. The van der Waals surface area contributed by atoms with Crippen LogP contribution in [0.5, 0.6) is 0 Å². The van der Waals surface area contributed by atoms with Crippen LogP contribution in [0.1, 0.15) is 16.8 Å². The number of nitrogens with two attached hydrogens (primary N) is 1. The molecule has 4 rings (SSSR count). The molecule has 4 aromatic rings. The number of fused-ring (bicyclic) bond motifs is 1. The number of benzene rings is 2. The van der Waals surface area contributed by atoms with Gasteiger partial charge in [-0.15, -0.1) is 0 Å². The second-order valence-corrected chi connectivity index (χ2v) is 6.77. The highest BCUT2D eigenvalue weighted by Gasteiger charge is 2.19. The zero-order valence-electron chi connectivity index (χ0n) is 16.4. The molecule has 2 aromatic heterocycles. The van der Waals surface area contributed by atoms with Crippen molar-refractivity contribution >= 4 is 40.0 Å². The number of rotatable bonds is 8. The van der Waals surface area contributed by atoms with Crippen molar-refractivity contribution in [2.24, 2.45) is 5.73 Å². The number of aromatic amines is 1. The normalized spacial score (nSPS) is 10.9. The molecule has 0 saturated heterocycles. The molecule has 10 heteroatoms. The fraction of sp³-hybridized carbons (Fsp3) is 0.143. The Balaban J connectivity index is 1.73. The molecule has 5 N–H and O–H groups in total. The molecule has 0 spiro atoms. The fourth-order valence-corrected chi connectivity index (χ4v) is 3.24. The first-order valence-corrected chi connectivity index (χ1v) is 9.57. The average Bonchev–Trinajstić information content (AvgIpc) is 3.26. The number of amides is 1. The van der Waals surface area contributed by atoms with Crippen LogP contribution in [-0.2, 0) is 0 Å². The summed E-state index contributed by atoms with van der Waals surface area (Å²) in [4.78, 5) is 21.5. The molecule has 0 unspecified atom stereocenters. The van der Waals surface area contributed by atoms with Crippen LogP contribution >= 0.6 is 0 Å². The summed E-state index contributed by atoms with van der Waals surface area (Å²) in [5.74, 6) is -0.986. The molecule has 1 amide bonds. The van der Waals surface area contributed by atoms with Crippen LogP contribution in [0.25, 0.3) is 10.9 Å². The van der Waals surface area contributed by atoms with E-state index in [0.29, 0.717) is 29.9 Å². The Morgan fingerprint density at radius 3 is 2.87 bits per heavy atom. The number of H-pyrrole nitrogens is 1. The van der Waals surface area contributed by atoms with E-state index in [-0.39, 0.29) is 18.4 Å². The van der Waals surface area contributed by atoms with Crippen molar-refractivity contribution in [1.29, 1.82) is 0 Å².